The number of nitrogens with zero attached hydrogens (tertiary/aromatic N) is 2. The molecular formula is C12H17N3O3. The number of carbonyl (C=O) groups is 2. The quantitative estimate of drug-likeness (QED) is 0.825. The van der Waals surface area contributed by atoms with Crippen molar-refractivity contribution in [1.82, 2.24) is 15.1 Å². The Morgan fingerprint density at radius 3 is 2.61 bits per heavy atom. The summed E-state index contributed by atoms with van der Waals surface area (Å²) in [6, 6.07) is 0. The summed E-state index contributed by atoms with van der Waals surface area (Å²) in [5.74, 6) is -2.01. The molecule has 2 N–H and O–H groups in total. The van der Waals surface area contributed by atoms with Gasteiger partial charge in [0.1, 0.15) is 0 Å². The summed E-state index contributed by atoms with van der Waals surface area (Å²) in [5, 5.41) is 15.6. The molecular weight excluding hydrogens is 234 g/mol. The molecule has 1 aliphatic rings. The lowest BCUT2D eigenvalue weighted by atomic mass is 10.1. The maximum Gasteiger partial charge on any atom is 0.307 e. The van der Waals surface area contributed by atoms with Crippen LogP contribution in [0, 0.1) is 17.3 Å². The number of aliphatic carboxylic acids is 1. The van der Waals surface area contributed by atoms with Crippen molar-refractivity contribution in [2.24, 2.45) is 17.3 Å². The van der Waals surface area contributed by atoms with Gasteiger partial charge in [-0.1, -0.05) is 13.8 Å². The Kier molecular flexibility index (Phi) is 2.88. The first-order chi connectivity index (χ1) is 8.35. The Morgan fingerprint density at radius 1 is 1.50 bits per heavy atom. The summed E-state index contributed by atoms with van der Waals surface area (Å²) in [6.07, 6.45) is 3.37. The maximum absolute atomic E-state index is 12.2. The highest BCUT2D eigenvalue weighted by Crippen LogP contribution is 2.58. The Labute approximate surface area is 105 Å². The lowest BCUT2D eigenvalue weighted by molar-refractivity contribution is -0.141. The van der Waals surface area contributed by atoms with E-state index in [1.807, 2.05) is 13.8 Å². The van der Waals surface area contributed by atoms with E-state index in [0.29, 0.717) is 6.54 Å². The van der Waals surface area contributed by atoms with Gasteiger partial charge in [-0.3, -0.25) is 14.7 Å². The fraction of sp³-hybridized carbons (Fsp3) is 0.583. The average Bonchev–Trinajstić information content (AvgIpc) is 2.63. The zero-order valence-electron chi connectivity index (χ0n) is 10.7. The predicted octanol–water partition coefficient (Wildman–Crippen LogP) is 0.725. The van der Waals surface area contributed by atoms with Crippen molar-refractivity contribution in [2.75, 3.05) is 7.05 Å². The van der Waals surface area contributed by atoms with E-state index in [4.69, 9.17) is 5.11 Å². The molecule has 0 saturated heterocycles. The molecule has 0 aliphatic heterocycles. The number of aromatic nitrogens is 2. The van der Waals surface area contributed by atoms with Crippen LogP contribution in [-0.4, -0.2) is 39.1 Å². The summed E-state index contributed by atoms with van der Waals surface area (Å²) < 4.78 is 0. The van der Waals surface area contributed by atoms with Crippen LogP contribution >= 0.6 is 0 Å². The van der Waals surface area contributed by atoms with Gasteiger partial charge in [-0.15, -0.1) is 0 Å². The highest BCUT2D eigenvalue weighted by atomic mass is 16.4. The van der Waals surface area contributed by atoms with Crippen molar-refractivity contribution < 1.29 is 14.7 Å². The second-order valence-electron chi connectivity index (χ2n) is 5.42. The van der Waals surface area contributed by atoms with Crippen LogP contribution in [0.1, 0.15) is 19.4 Å². The van der Waals surface area contributed by atoms with Crippen molar-refractivity contribution in [3.63, 3.8) is 0 Å². The molecule has 2 atom stereocenters. The summed E-state index contributed by atoms with van der Waals surface area (Å²) in [6.45, 7) is 4.08. The SMILES string of the molecule is CN(Cc1cn[nH]c1)C(=O)C1C(C(=O)O)C1(C)C. The molecule has 1 aromatic heterocycles. The number of carboxylic acid groups (broad SMARTS) is 1. The number of carboxylic acids is 1. The van der Waals surface area contributed by atoms with Gasteiger partial charge in [-0.2, -0.15) is 5.10 Å². The number of hydrogen-bond acceptors (Lipinski definition) is 3. The summed E-state index contributed by atoms with van der Waals surface area (Å²) in [5.41, 5.74) is 0.448. The van der Waals surface area contributed by atoms with Gasteiger partial charge in [0.25, 0.3) is 0 Å². The number of hydrogen-bond donors (Lipinski definition) is 2. The molecule has 0 spiro atoms. The third-order valence-electron chi connectivity index (χ3n) is 3.71. The standard InChI is InChI=1S/C12H17N3O3/c1-12(2)8(9(12)11(17)18)10(16)15(3)6-7-4-13-14-5-7/h4-5,8-9H,6H2,1-3H3,(H,13,14)(H,17,18). The largest absolute Gasteiger partial charge is 0.481 e. The smallest absolute Gasteiger partial charge is 0.307 e. The van der Waals surface area contributed by atoms with Gasteiger partial charge in [0, 0.05) is 25.4 Å². The Morgan fingerprint density at radius 2 is 2.17 bits per heavy atom. The zero-order valence-corrected chi connectivity index (χ0v) is 10.7. The fourth-order valence-corrected chi connectivity index (χ4v) is 2.51. The zero-order chi connectivity index (χ0) is 13.5. The van der Waals surface area contributed by atoms with Crippen LogP contribution in [0.5, 0.6) is 0 Å². The minimum atomic E-state index is -0.893. The molecule has 1 aromatic rings. The number of rotatable bonds is 4. The van der Waals surface area contributed by atoms with E-state index in [9.17, 15) is 9.59 Å². The first kappa shape index (κ1) is 12.6. The summed E-state index contributed by atoms with van der Waals surface area (Å²) in [4.78, 5) is 24.8. The van der Waals surface area contributed by atoms with Crippen molar-refractivity contribution in [2.45, 2.75) is 20.4 Å². The van der Waals surface area contributed by atoms with Gasteiger partial charge < -0.3 is 10.0 Å². The number of nitrogens with one attached hydrogen (secondary N) is 1. The van der Waals surface area contributed by atoms with E-state index < -0.39 is 23.2 Å². The minimum Gasteiger partial charge on any atom is -0.481 e. The van der Waals surface area contributed by atoms with Gasteiger partial charge >= 0.3 is 5.97 Å². The van der Waals surface area contributed by atoms with Crippen LogP contribution in [-0.2, 0) is 16.1 Å². The van der Waals surface area contributed by atoms with Crippen LogP contribution in [0.15, 0.2) is 12.4 Å². The monoisotopic (exact) mass is 251 g/mol. The van der Waals surface area contributed by atoms with Crippen LogP contribution < -0.4 is 0 Å². The first-order valence-electron chi connectivity index (χ1n) is 5.81. The number of carbonyl (C=O) groups excluding carboxylic acids is 1. The molecule has 2 rings (SSSR count). The van der Waals surface area contributed by atoms with Gasteiger partial charge in [-0.25, -0.2) is 0 Å². The Balaban J connectivity index is 2.02. The van der Waals surface area contributed by atoms with Gasteiger partial charge in [0.15, 0.2) is 0 Å². The number of aromatic amines is 1. The molecule has 0 radical (unpaired) electrons. The molecule has 6 nitrogen and oxygen atoms in total. The van der Waals surface area contributed by atoms with Crippen LogP contribution in [0.3, 0.4) is 0 Å². The third-order valence-corrected chi connectivity index (χ3v) is 3.71. The third kappa shape index (κ3) is 1.98. The van der Waals surface area contributed by atoms with E-state index in [0.717, 1.165) is 5.56 Å². The minimum absolute atomic E-state index is 0.117. The normalized spacial score (nSPS) is 24.6. The van der Waals surface area contributed by atoms with E-state index >= 15 is 0 Å². The van der Waals surface area contributed by atoms with E-state index in [1.165, 1.54) is 0 Å². The molecule has 18 heavy (non-hydrogen) atoms. The van der Waals surface area contributed by atoms with Crippen molar-refractivity contribution >= 4 is 11.9 Å². The molecule has 2 unspecified atom stereocenters. The predicted molar refractivity (Wildman–Crippen MR) is 63.5 cm³/mol. The highest BCUT2D eigenvalue weighted by Gasteiger charge is 2.66. The van der Waals surface area contributed by atoms with E-state index in [-0.39, 0.29) is 5.91 Å². The van der Waals surface area contributed by atoms with E-state index in [1.54, 1.807) is 24.3 Å². The molecule has 0 bridgehead atoms. The Hall–Kier alpha value is -1.85. The summed E-state index contributed by atoms with van der Waals surface area (Å²) >= 11 is 0. The van der Waals surface area contributed by atoms with Gasteiger partial charge in [-0.05, 0) is 5.41 Å². The molecule has 0 aromatic carbocycles. The molecule has 1 saturated carbocycles. The van der Waals surface area contributed by atoms with Crippen LogP contribution in [0.4, 0.5) is 0 Å². The second kappa shape index (κ2) is 4.12. The lowest BCUT2D eigenvalue weighted by Crippen LogP contribution is -2.29. The molecule has 6 heteroatoms. The number of amides is 1. The topological polar surface area (TPSA) is 86.3 Å². The van der Waals surface area contributed by atoms with Crippen LogP contribution in [0.2, 0.25) is 0 Å². The van der Waals surface area contributed by atoms with Gasteiger partial charge in [0.05, 0.1) is 18.0 Å². The van der Waals surface area contributed by atoms with Crippen molar-refractivity contribution in [3.8, 4) is 0 Å². The lowest BCUT2D eigenvalue weighted by Gasteiger charge is -2.16. The maximum atomic E-state index is 12.2. The molecule has 98 valence electrons. The van der Waals surface area contributed by atoms with E-state index in [2.05, 4.69) is 10.2 Å². The average molecular weight is 251 g/mol. The fourth-order valence-electron chi connectivity index (χ4n) is 2.51. The second-order valence-corrected chi connectivity index (χ2v) is 5.42. The molecule has 1 amide bonds. The van der Waals surface area contributed by atoms with Crippen molar-refractivity contribution in [3.05, 3.63) is 18.0 Å². The number of H-pyrrole nitrogens is 1. The highest BCUT2D eigenvalue weighted by molar-refractivity contribution is 5.91. The first-order valence-corrected chi connectivity index (χ1v) is 5.81. The van der Waals surface area contributed by atoms with Crippen LogP contribution in [0.25, 0.3) is 0 Å². The Bertz CT molecular complexity index is 467. The molecule has 1 aliphatic carbocycles. The molecule has 1 heterocycles. The van der Waals surface area contributed by atoms with Crippen molar-refractivity contribution in [1.29, 1.82) is 0 Å². The summed E-state index contributed by atoms with van der Waals surface area (Å²) in [7, 11) is 1.68. The molecule has 1 fully saturated rings. The van der Waals surface area contributed by atoms with Gasteiger partial charge in [0.2, 0.25) is 5.91 Å².